The Morgan fingerprint density at radius 3 is 2.82 bits per heavy atom. The second-order valence-electron chi connectivity index (χ2n) is 2.18. The van der Waals surface area contributed by atoms with Gasteiger partial charge in [0.25, 0.3) is 0 Å². The van der Waals surface area contributed by atoms with E-state index >= 15 is 0 Å². The Bertz CT molecular complexity index is 120. The van der Waals surface area contributed by atoms with Gasteiger partial charge in [-0.25, -0.2) is 10.6 Å². The summed E-state index contributed by atoms with van der Waals surface area (Å²) in [7, 11) is 0. The fourth-order valence-corrected chi connectivity index (χ4v) is 1.27. The van der Waals surface area contributed by atoms with Gasteiger partial charge in [0, 0.05) is 11.8 Å². The van der Waals surface area contributed by atoms with E-state index in [0.29, 0.717) is 0 Å². The molecule has 0 bridgehead atoms. The third kappa shape index (κ3) is 6.00. The van der Waals surface area contributed by atoms with Crippen LogP contribution < -0.4 is 16.6 Å². The molecule has 0 rings (SSSR count). The summed E-state index contributed by atoms with van der Waals surface area (Å²) in [6, 6.07) is -0.155. The van der Waals surface area contributed by atoms with Crippen molar-refractivity contribution in [2.45, 2.75) is 19.9 Å². The number of nitrogens with one attached hydrogen (secondary N) is 2. The van der Waals surface area contributed by atoms with Crippen LogP contribution >= 0.6 is 11.8 Å². The van der Waals surface area contributed by atoms with Crippen molar-refractivity contribution >= 4 is 17.8 Å². The monoisotopic (exact) mass is 177 g/mol. The number of nitrogens with two attached hydrogens (primary N) is 1. The van der Waals surface area contributed by atoms with Crippen LogP contribution in [0.3, 0.4) is 0 Å². The topological polar surface area (TPSA) is 67.2 Å². The number of urea groups is 1. The number of rotatable bonds is 4. The molecule has 0 spiro atoms. The number of carbonyl (C=O) groups excluding carboxylic acids is 1. The lowest BCUT2D eigenvalue weighted by molar-refractivity contribution is 0.239. The molecule has 0 radical (unpaired) electrons. The molecule has 0 saturated carbocycles. The van der Waals surface area contributed by atoms with Gasteiger partial charge in [0.2, 0.25) is 0 Å². The highest BCUT2D eigenvalue weighted by atomic mass is 32.2. The molecule has 5 heteroatoms. The van der Waals surface area contributed by atoms with Crippen molar-refractivity contribution in [3.8, 4) is 0 Å². The van der Waals surface area contributed by atoms with E-state index in [-0.39, 0.29) is 12.1 Å². The van der Waals surface area contributed by atoms with Crippen molar-refractivity contribution in [2.75, 3.05) is 11.5 Å². The van der Waals surface area contributed by atoms with Gasteiger partial charge in [-0.1, -0.05) is 6.92 Å². The fraction of sp³-hybridized carbons (Fsp3) is 0.833. The van der Waals surface area contributed by atoms with E-state index in [0.717, 1.165) is 11.5 Å². The molecule has 0 aliphatic carbocycles. The SMILES string of the molecule is CCSCC(C)NC(=O)NN. The van der Waals surface area contributed by atoms with Crippen LogP contribution in [0.1, 0.15) is 13.8 Å². The summed E-state index contributed by atoms with van der Waals surface area (Å²) in [5.41, 5.74) is 2.01. The van der Waals surface area contributed by atoms with Crippen molar-refractivity contribution < 1.29 is 4.79 Å². The van der Waals surface area contributed by atoms with Crippen molar-refractivity contribution in [1.82, 2.24) is 10.7 Å². The van der Waals surface area contributed by atoms with E-state index in [1.807, 2.05) is 12.3 Å². The van der Waals surface area contributed by atoms with Crippen LogP contribution in [0.2, 0.25) is 0 Å². The standard InChI is InChI=1S/C6H15N3OS/c1-3-11-4-5(2)8-6(10)9-7/h5H,3-4,7H2,1-2H3,(H2,8,9,10). The molecule has 0 aromatic heterocycles. The normalized spacial score (nSPS) is 12.3. The molecular weight excluding hydrogens is 162 g/mol. The Morgan fingerprint density at radius 1 is 1.73 bits per heavy atom. The maximum atomic E-state index is 10.6. The first kappa shape index (κ1) is 10.6. The maximum absolute atomic E-state index is 10.6. The third-order valence-corrected chi connectivity index (χ3v) is 2.22. The number of carbonyl (C=O) groups is 1. The Morgan fingerprint density at radius 2 is 2.36 bits per heavy atom. The Balaban J connectivity index is 3.35. The highest BCUT2D eigenvalue weighted by Gasteiger charge is 2.03. The molecule has 1 atom stereocenters. The molecular formula is C6H15N3OS. The minimum Gasteiger partial charge on any atom is -0.334 e. The quantitative estimate of drug-likeness (QED) is 0.329. The van der Waals surface area contributed by atoms with Crippen LogP contribution in [-0.2, 0) is 0 Å². The Kier molecular flexibility index (Phi) is 6.06. The predicted molar refractivity (Wildman–Crippen MR) is 48.3 cm³/mol. The molecule has 4 nitrogen and oxygen atoms in total. The molecule has 0 heterocycles. The minimum absolute atomic E-state index is 0.170. The molecule has 0 saturated heterocycles. The maximum Gasteiger partial charge on any atom is 0.329 e. The first-order valence-corrected chi connectivity index (χ1v) is 4.71. The van der Waals surface area contributed by atoms with Crippen LogP contribution in [0.5, 0.6) is 0 Å². The van der Waals surface area contributed by atoms with E-state index in [9.17, 15) is 4.79 Å². The second-order valence-corrected chi connectivity index (χ2v) is 3.50. The van der Waals surface area contributed by atoms with Gasteiger partial charge in [-0.2, -0.15) is 11.8 Å². The third-order valence-electron chi connectivity index (χ3n) is 1.08. The fourth-order valence-electron chi connectivity index (χ4n) is 0.602. The zero-order chi connectivity index (χ0) is 8.69. The highest BCUT2D eigenvalue weighted by Crippen LogP contribution is 2.00. The van der Waals surface area contributed by atoms with Crippen LogP contribution in [0.4, 0.5) is 4.79 Å². The van der Waals surface area contributed by atoms with Gasteiger partial charge >= 0.3 is 6.03 Å². The lowest BCUT2D eigenvalue weighted by Crippen LogP contribution is -2.44. The molecule has 4 N–H and O–H groups in total. The molecule has 2 amide bonds. The lowest BCUT2D eigenvalue weighted by Gasteiger charge is -2.11. The van der Waals surface area contributed by atoms with Gasteiger partial charge in [-0.15, -0.1) is 0 Å². The molecule has 0 aliphatic heterocycles. The Labute approximate surface area is 71.3 Å². The van der Waals surface area contributed by atoms with Gasteiger partial charge in [0.05, 0.1) is 0 Å². The van der Waals surface area contributed by atoms with Crippen molar-refractivity contribution in [2.24, 2.45) is 5.84 Å². The van der Waals surface area contributed by atoms with Gasteiger partial charge in [0.15, 0.2) is 0 Å². The average molecular weight is 177 g/mol. The van der Waals surface area contributed by atoms with E-state index in [1.165, 1.54) is 0 Å². The summed E-state index contributed by atoms with van der Waals surface area (Å²) in [5.74, 6) is 6.87. The van der Waals surface area contributed by atoms with Crippen LogP contribution in [0.25, 0.3) is 0 Å². The van der Waals surface area contributed by atoms with Crippen molar-refractivity contribution in [3.05, 3.63) is 0 Å². The summed E-state index contributed by atoms with van der Waals surface area (Å²) < 4.78 is 0. The molecule has 0 aliphatic rings. The van der Waals surface area contributed by atoms with E-state index in [1.54, 1.807) is 11.8 Å². The first-order valence-electron chi connectivity index (χ1n) is 3.55. The van der Waals surface area contributed by atoms with E-state index in [4.69, 9.17) is 5.84 Å². The smallest absolute Gasteiger partial charge is 0.329 e. The second kappa shape index (κ2) is 6.30. The number of thioether (sulfide) groups is 1. The zero-order valence-corrected chi connectivity index (χ0v) is 7.70. The van der Waals surface area contributed by atoms with Gasteiger partial charge in [-0.3, -0.25) is 5.43 Å². The molecule has 66 valence electrons. The number of hydrazine groups is 1. The van der Waals surface area contributed by atoms with Gasteiger partial charge in [0.1, 0.15) is 0 Å². The molecule has 0 aromatic rings. The lowest BCUT2D eigenvalue weighted by atomic mass is 10.4. The van der Waals surface area contributed by atoms with Gasteiger partial charge in [-0.05, 0) is 12.7 Å². The van der Waals surface area contributed by atoms with Crippen molar-refractivity contribution in [3.63, 3.8) is 0 Å². The molecule has 11 heavy (non-hydrogen) atoms. The summed E-state index contributed by atoms with van der Waals surface area (Å²) in [5, 5.41) is 2.67. The number of hydrogen-bond donors (Lipinski definition) is 3. The van der Waals surface area contributed by atoms with Crippen LogP contribution in [0.15, 0.2) is 0 Å². The average Bonchev–Trinajstić information content (AvgIpc) is 2.00. The summed E-state index contributed by atoms with van der Waals surface area (Å²) >= 11 is 1.79. The minimum atomic E-state index is -0.325. The largest absolute Gasteiger partial charge is 0.334 e. The summed E-state index contributed by atoms with van der Waals surface area (Å²) in [4.78, 5) is 10.6. The highest BCUT2D eigenvalue weighted by molar-refractivity contribution is 7.99. The summed E-state index contributed by atoms with van der Waals surface area (Å²) in [6.07, 6.45) is 0. The van der Waals surface area contributed by atoms with Crippen molar-refractivity contribution in [1.29, 1.82) is 0 Å². The zero-order valence-electron chi connectivity index (χ0n) is 6.89. The van der Waals surface area contributed by atoms with E-state index in [2.05, 4.69) is 12.2 Å². The molecule has 1 unspecified atom stereocenters. The number of amides is 2. The molecule has 0 aromatic carbocycles. The Hall–Kier alpha value is -0.420. The van der Waals surface area contributed by atoms with E-state index < -0.39 is 0 Å². The predicted octanol–water partition coefficient (Wildman–Crippen LogP) is 0.301. The first-order chi connectivity index (χ1) is 5.20. The summed E-state index contributed by atoms with van der Waals surface area (Å²) in [6.45, 7) is 4.03. The van der Waals surface area contributed by atoms with Gasteiger partial charge < -0.3 is 5.32 Å². The van der Waals surface area contributed by atoms with Crippen LogP contribution in [0, 0.1) is 0 Å². The number of hydrogen-bond acceptors (Lipinski definition) is 3. The molecule has 0 fully saturated rings. The van der Waals surface area contributed by atoms with Crippen LogP contribution in [-0.4, -0.2) is 23.6 Å².